The third kappa shape index (κ3) is 7.35. The quantitative estimate of drug-likeness (QED) is 0.886. The van der Waals surface area contributed by atoms with Crippen LogP contribution in [-0.2, 0) is 6.54 Å². The summed E-state index contributed by atoms with van der Waals surface area (Å²) < 4.78 is 0. The van der Waals surface area contributed by atoms with E-state index in [9.17, 15) is 0 Å². The Kier molecular flexibility index (Phi) is 6.14. The first-order chi connectivity index (χ1) is 7.29. The maximum Gasteiger partial charge on any atom is 0.0541 e. The van der Waals surface area contributed by atoms with Crippen LogP contribution in [0.2, 0.25) is 0 Å². The van der Waals surface area contributed by atoms with E-state index in [1.54, 1.807) is 0 Å². The van der Waals surface area contributed by atoms with Gasteiger partial charge in [0.05, 0.1) is 5.69 Å². The van der Waals surface area contributed by atoms with Gasteiger partial charge in [0.1, 0.15) is 0 Å². The fraction of sp³-hybridized carbons (Fsp3) is 0.643. The number of hydrogen-bond donors (Lipinski definition) is 1. The van der Waals surface area contributed by atoms with Crippen molar-refractivity contribution in [3.63, 3.8) is 0 Å². The predicted molar refractivity (Wildman–Crippen MR) is 76.5 cm³/mol. The van der Waals surface area contributed by atoms with Crippen LogP contribution in [0.5, 0.6) is 0 Å². The molecule has 0 spiro atoms. The van der Waals surface area contributed by atoms with Gasteiger partial charge in [-0.2, -0.15) is 0 Å². The first kappa shape index (κ1) is 16.4. The van der Waals surface area contributed by atoms with E-state index in [1.807, 2.05) is 18.3 Å². The number of nitrogens with zero attached hydrogens (tertiary/aromatic N) is 1. The summed E-state index contributed by atoms with van der Waals surface area (Å²) in [6.45, 7) is 12.2. The Bertz CT molecular complexity index is 315. The minimum Gasteiger partial charge on any atom is -0.306 e. The largest absolute Gasteiger partial charge is 0.306 e. The molecule has 0 aliphatic carbocycles. The number of aromatic nitrogens is 1. The van der Waals surface area contributed by atoms with E-state index >= 15 is 0 Å². The van der Waals surface area contributed by atoms with Crippen LogP contribution in [0.3, 0.4) is 0 Å². The number of pyridine rings is 1. The van der Waals surface area contributed by atoms with E-state index in [0.29, 0.717) is 5.41 Å². The topological polar surface area (TPSA) is 24.9 Å². The number of halogens is 1. The lowest BCUT2D eigenvalue weighted by atomic mass is 9.82. The number of rotatable bonds is 4. The highest BCUT2D eigenvalue weighted by molar-refractivity contribution is 5.85. The van der Waals surface area contributed by atoms with Crippen LogP contribution in [0.4, 0.5) is 0 Å². The Morgan fingerprint density at radius 3 is 2.24 bits per heavy atom. The average molecular weight is 257 g/mol. The Hall–Kier alpha value is -0.600. The molecular formula is C14H25ClN2. The molecule has 0 fully saturated rings. The molecule has 0 bridgehead atoms. The molecule has 0 aliphatic heterocycles. The first-order valence-electron chi connectivity index (χ1n) is 5.93. The van der Waals surface area contributed by atoms with Crippen LogP contribution < -0.4 is 5.32 Å². The molecule has 1 aromatic heterocycles. The Balaban J connectivity index is 0.00000256. The standard InChI is InChI=1S/C14H24N2.ClH/c1-13(2,3)11-14(4,5)16-10-12-8-6-7-9-15-12;/h6-9,16H,10-11H2,1-5H3;1H. The van der Waals surface area contributed by atoms with Crippen LogP contribution in [0.15, 0.2) is 24.4 Å². The van der Waals surface area contributed by atoms with E-state index in [2.05, 4.69) is 51.0 Å². The van der Waals surface area contributed by atoms with E-state index in [4.69, 9.17) is 0 Å². The van der Waals surface area contributed by atoms with Crippen LogP contribution in [0.25, 0.3) is 0 Å². The summed E-state index contributed by atoms with van der Waals surface area (Å²) in [5, 5.41) is 3.57. The van der Waals surface area contributed by atoms with Gasteiger partial charge in [0, 0.05) is 18.3 Å². The van der Waals surface area contributed by atoms with Gasteiger partial charge in [0.2, 0.25) is 0 Å². The fourth-order valence-corrected chi connectivity index (χ4v) is 2.22. The number of hydrogen-bond acceptors (Lipinski definition) is 2. The summed E-state index contributed by atoms with van der Waals surface area (Å²) in [6.07, 6.45) is 2.99. The molecule has 1 rings (SSSR count). The molecule has 98 valence electrons. The van der Waals surface area contributed by atoms with Gasteiger partial charge in [-0.25, -0.2) is 0 Å². The zero-order chi connectivity index (χ0) is 12.2. The summed E-state index contributed by atoms with van der Waals surface area (Å²) in [5.41, 5.74) is 1.60. The van der Waals surface area contributed by atoms with E-state index < -0.39 is 0 Å². The second-order valence-corrected chi connectivity index (χ2v) is 6.30. The molecular weight excluding hydrogens is 232 g/mol. The third-order valence-corrected chi connectivity index (χ3v) is 2.45. The van der Waals surface area contributed by atoms with Crippen molar-refractivity contribution < 1.29 is 0 Å². The molecule has 3 heteroatoms. The molecule has 2 nitrogen and oxygen atoms in total. The maximum atomic E-state index is 4.32. The second kappa shape index (κ2) is 6.36. The van der Waals surface area contributed by atoms with Gasteiger partial charge in [-0.1, -0.05) is 26.8 Å². The fourth-order valence-electron chi connectivity index (χ4n) is 2.22. The molecule has 0 aliphatic rings. The van der Waals surface area contributed by atoms with E-state index in [1.165, 1.54) is 0 Å². The molecule has 0 amide bonds. The summed E-state index contributed by atoms with van der Waals surface area (Å²) in [7, 11) is 0. The molecule has 0 saturated carbocycles. The lowest BCUT2D eigenvalue weighted by molar-refractivity contribution is 0.240. The summed E-state index contributed by atoms with van der Waals surface area (Å²) >= 11 is 0. The van der Waals surface area contributed by atoms with Crippen molar-refractivity contribution in [1.82, 2.24) is 10.3 Å². The zero-order valence-corrected chi connectivity index (χ0v) is 12.4. The van der Waals surface area contributed by atoms with Gasteiger partial charge in [0.25, 0.3) is 0 Å². The van der Waals surface area contributed by atoms with Crippen LogP contribution in [0.1, 0.15) is 46.7 Å². The molecule has 1 aromatic rings. The summed E-state index contributed by atoms with van der Waals surface area (Å²) in [4.78, 5) is 4.32. The van der Waals surface area contributed by atoms with Crippen molar-refractivity contribution in [3.8, 4) is 0 Å². The normalized spacial score (nSPS) is 12.1. The monoisotopic (exact) mass is 256 g/mol. The Labute approximate surface area is 112 Å². The van der Waals surface area contributed by atoms with Crippen LogP contribution in [-0.4, -0.2) is 10.5 Å². The van der Waals surface area contributed by atoms with E-state index in [0.717, 1.165) is 18.7 Å². The molecule has 0 aromatic carbocycles. The second-order valence-electron chi connectivity index (χ2n) is 6.30. The minimum atomic E-state index is 0. The Morgan fingerprint density at radius 1 is 1.12 bits per heavy atom. The van der Waals surface area contributed by atoms with Gasteiger partial charge < -0.3 is 5.32 Å². The SMILES string of the molecule is CC(C)(C)CC(C)(C)NCc1ccccn1.Cl. The van der Waals surface area contributed by atoms with Crippen molar-refractivity contribution in [2.24, 2.45) is 5.41 Å². The summed E-state index contributed by atoms with van der Waals surface area (Å²) in [5.74, 6) is 0. The van der Waals surface area contributed by atoms with Crippen molar-refractivity contribution in [1.29, 1.82) is 0 Å². The zero-order valence-electron chi connectivity index (χ0n) is 11.6. The van der Waals surface area contributed by atoms with Gasteiger partial charge in [-0.15, -0.1) is 12.4 Å². The maximum absolute atomic E-state index is 4.32. The van der Waals surface area contributed by atoms with Crippen molar-refractivity contribution in [3.05, 3.63) is 30.1 Å². The van der Waals surface area contributed by atoms with Crippen molar-refractivity contribution in [2.45, 2.75) is 53.1 Å². The molecule has 0 radical (unpaired) electrons. The summed E-state index contributed by atoms with van der Waals surface area (Å²) in [6, 6.07) is 6.03. The highest BCUT2D eigenvalue weighted by Gasteiger charge is 2.24. The predicted octanol–water partition coefficient (Wildman–Crippen LogP) is 3.81. The molecule has 1 N–H and O–H groups in total. The smallest absolute Gasteiger partial charge is 0.0541 e. The van der Waals surface area contributed by atoms with Crippen molar-refractivity contribution in [2.75, 3.05) is 0 Å². The Morgan fingerprint density at radius 2 is 1.76 bits per heavy atom. The molecule has 17 heavy (non-hydrogen) atoms. The average Bonchev–Trinajstić information content (AvgIpc) is 2.13. The highest BCUT2D eigenvalue weighted by Crippen LogP contribution is 2.26. The van der Waals surface area contributed by atoms with Crippen LogP contribution in [0, 0.1) is 5.41 Å². The molecule has 0 saturated heterocycles. The molecule has 0 unspecified atom stereocenters. The van der Waals surface area contributed by atoms with Gasteiger partial charge in [-0.3, -0.25) is 4.98 Å². The van der Waals surface area contributed by atoms with Gasteiger partial charge in [-0.05, 0) is 37.8 Å². The first-order valence-corrected chi connectivity index (χ1v) is 5.93. The van der Waals surface area contributed by atoms with Crippen molar-refractivity contribution >= 4 is 12.4 Å². The molecule has 1 heterocycles. The minimum absolute atomic E-state index is 0. The van der Waals surface area contributed by atoms with Gasteiger partial charge >= 0.3 is 0 Å². The third-order valence-electron chi connectivity index (χ3n) is 2.45. The molecule has 0 atom stereocenters. The lowest BCUT2D eigenvalue weighted by Crippen LogP contribution is -2.41. The number of nitrogens with one attached hydrogen (secondary N) is 1. The highest BCUT2D eigenvalue weighted by atomic mass is 35.5. The van der Waals surface area contributed by atoms with Crippen LogP contribution >= 0.6 is 12.4 Å². The van der Waals surface area contributed by atoms with E-state index in [-0.39, 0.29) is 17.9 Å². The van der Waals surface area contributed by atoms with Gasteiger partial charge in [0.15, 0.2) is 0 Å². The lowest BCUT2D eigenvalue weighted by Gasteiger charge is -2.33.